The largest absolute Gasteiger partial charge is 0.485 e. The third kappa shape index (κ3) is 1.90. The lowest BCUT2D eigenvalue weighted by molar-refractivity contribution is -0.123. The molecular formula is C15H19NO4. The molecule has 2 heterocycles. The first-order valence-corrected chi connectivity index (χ1v) is 6.63. The van der Waals surface area contributed by atoms with E-state index in [1.807, 2.05) is 32.1 Å². The van der Waals surface area contributed by atoms with Crippen molar-refractivity contribution in [2.45, 2.75) is 37.9 Å². The molecule has 0 aromatic heterocycles. The Morgan fingerprint density at radius 2 is 2.05 bits per heavy atom. The van der Waals surface area contributed by atoms with Gasteiger partial charge in [-0.15, -0.1) is 0 Å². The second kappa shape index (κ2) is 4.48. The van der Waals surface area contributed by atoms with E-state index in [0.29, 0.717) is 5.75 Å². The predicted molar refractivity (Wildman–Crippen MR) is 75.6 cm³/mol. The molecule has 0 bridgehead atoms. The van der Waals surface area contributed by atoms with Crippen LogP contribution in [-0.2, 0) is 4.74 Å². The van der Waals surface area contributed by atoms with Crippen molar-refractivity contribution in [1.82, 2.24) is 0 Å². The Labute approximate surface area is 117 Å². The maximum absolute atomic E-state index is 10.5. The maximum atomic E-state index is 10.5. The van der Waals surface area contributed by atoms with E-state index >= 15 is 0 Å². The lowest BCUT2D eigenvalue weighted by Crippen LogP contribution is -2.49. The molecule has 0 amide bonds. The van der Waals surface area contributed by atoms with Crippen LogP contribution < -0.4 is 10.1 Å². The summed E-state index contributed by atoms with van der Waals surface area (Å²) >= 11 is 0. The highest BCUT2D eigenvalue weighted by Crippen LogP contribution is 2.47. The fraction of sp³-hybridized carbons (Fsp3) is 0.467. The van der Waals surface area contributed by atoms with Crippen LogP contribution in [0.2, 0.25) is 0 Å². The molecule has 20 heavy (non-hydrogen) atoms. The number of benzene rings is 1. The van der Waals surface area contributed by atoms with Gasteiger partial charge in [0.05, 0.1) is 5.69 Å². The summed E-state index contributed by atoms with van der Waals surface area (Å²) < 4.78 is 11.4. The Kier molecular flexibility index (Phi) is 3.01. The van der Waals surface area contributed by atoms with Gasteiger partial charge in [0.2, 0.25) is 0 Å². The van der Waals surface area contributed by atoms with Gasteiger partial charge < -0.3 is 25.0 Å². The average Bonchev–Trinajstić information content (AvgIpc) is 2.40. The van der Waals surface area contributed by atoms with Gasteiger partial charge in [0.1, 0.15) is 29.8 Å². The summed E-state index contributed by atoms with van der Waals surface area (Å²) in [5.41, 5.74) is 1.70. The number of anilines is 1. The normalized spacial score (nSPS) is 29.9. The van der Waals surface area contributed by atoms with Crippen molar-refractivity contribution in [2.24, 2.45) is 0 Å². The summed E-state index contributed by atoms with van der Waals surface area (Å²) in [6.45, 7) is 3.66. The number of methoxy groups -OCH3 is 1. The molecule has 1 aromatic carbocycles. The first-order valence-electron chi connectivity index (χ1n) is 6.63. The zero-order valence-corrected chi connectivity index (χ0v) is 11.8. The quantitative estimate of drug-likeness (QED) is 0.728. The van der Waals surface area contributed by atoms with Crippen molar-refractivity contribution < 1.29 is 19.7 Å². The minimum absolute atomic E-state index is 0.505. The van der Waals surface area contributed by atoms with Crippen LogP contribution in [0.1, 0.15) is 31.1 Å². The average molecular weight is 277 g/mol. The lowest BCUT2D eigenvalue weighted by Gasteiger charge is -2.42. The first kappa shape index (κ1) is 13.4. The predicted octanol–water partition coefficient (Wildman–Crippen LogP) is 1.66. The molecule has 3 N–H and O–H groups in total. The smallest absolute Gasteiger partial charge is 0.144 e. The van der Waals surface area contributed by atoms with Crippen LogP contribution >= 0.6 is 0 Å². The van der Waals surface area contributed by atoms with Crippen LogP contribution in [0.15, 0.2) is 18.2 Å². The maximum Gasteiger partial charge on any atom is 0.144 e. The molecule has 3 rings (SSSR count). The van der Waals surface area contributed by atoms with Gasteiger partial charge in [0, 0.05) is 12.7 Å². The molecule has 0 radical (unpaired) electrons. The fourth-order valence-corrected chi connectivity index (χ4v) is 2.79. The molecule has 2 aliphatic rings. The van der Waals surface area contributed by atoms with Crippen LogP contribution in [0.5, 0.6) is 5.75 Å². The fourth-order valence-electron chi connectivity index (χ4n) is 2.79. The Morgan fingerprint density at radius 1 is 1.30 bits per heavy atom. The lowest BCUT2D eigenvalue weighted by atomic mass is 9.86. The molecule has 5 heteroatoms. The summed E-state index contributed by atoms with van der Waals surface area (Å²) in [6.07, 6.45) is 1.46. The van der Waals surface area contributed by atoms with Gasteiger partial charge in [-0.05, 0) is 37.6 Å². The summed E-state index contributed by atoms with van der Waals surface area (Å²) in [5, 5.41) is 23.2. The molecule has 0 fully saturated rings. The Bertz CT molecular complexity index is 567. The van der Waals surface area contributed by atoms with Crippen LogP contribution in [0.25, 0.3) is 6.08 Å². The first-order chi connectivity index (χ1) is 9.44. The SMILES string of the molecule is COC1c2c(ccc3c2NC(O)C=C3)OC(C)(C)C1O. The number of nitrogens with one attached hydrogen (secondary N) is 1. The molecule has 0 spiro atoms. The number of ether oxygens (including phenoxy) is 2. The number of hydrogen-bond donors (Lipinski definition) is 3. The minimum Gasteiger partial charge on any atom is -0.485 e. The molecule has 3 unspecified atom stereocenters. The van der Waals surface area contributed by atoms with Crippen LogP contribution in [0.4, 0.5) is 5.69 Å². The van der Waals surface area contributed by atoms with Crippen molar-refractivity contribution in [3.63, 3.8) is 0 Å². The van der Waals surface area contributed by atoms with E-state index in [1.54, 1.807) is 13.2 Å². The van der Waals surface area contributed by atoms with E-state index in [0.717, 1.165) is 16.8 Å². The van der Waals surface area contributed by atoms with Crippen LogP contribution in [0.3, 0.4) is 0 Å². The molecule has 1 aromatic rings. The van der Waals surface area contributed by atoms with E-state index in [9.17, 15) is 10.2 Å². The van der Waals surface area contributed by atoms with Crippen molar-refractivity contribution in [1.29, 1.82) is 0 Å². The summed E-state index contributed by atoms with van der Waals surface area (Å²) in [6, 6.07) is 3.79. The second-order valence-corrected chi connectivity index (χ2v) is 5.70. The molecule has 3 atom stereocenters. The Balaban J connectivity index is 2.18. The van der Waals surface area contributed by atoms with E-state index < -0.39 is 24.0 Å². The van der Waals surface area contributed by atoms with E-state index in [4.69, 9.17) is 9.47 Å². The van der Waals surface area contributed by atoms with Crippen molar-refractivity contribution in [3.8, 4) is 5.75 Å². The summed E-state index contributed by atoms with van der Waals surface area (Å²) in [7, 11) is 1.56. The number of hydrogen-bond acceptors (Lipinski definition) is 5. The Morgan fingerprint density at radius 3 is 2.75 bits per heavy atom. The zero-order valence-electron chi connectivity index (χ0n) is 11.8. The topological polar surface area (TPSA) is 71.0 Å². The van der Waals surface area contributed by atoms with E-state index in [1.165, 1.54) is 0 Å². The van der Waals surface area contributed by atoms with Crippen molar-refractivity contribution in [3.05, 3.63) is 29.3 Å². The van der Waals surface area contributed by atoms with E-state index in [-0.39, 0.29) is 0 Å². The van der Waals surface area contributed by atoms with Gasteiger partial charge in [-0.25, -0.2) is 0 Å². The van der Waals surface area contributed by atoms with E-state index in [2.05, 4.69) is 5.32 Å². The standard InChI is InChI=1S/C15H19NO4/c1-15(2)14(18)13(19-3)11-9(20-15)6-4-8-5-7-10(17)16-12(8)11/h4-7,10,13-14,16-18H,1-3H3. The highest BCUT2D eigenvalue weighted by molar-refractivity contribution is 5.76. The van der Waals surface area contributed by atoms with Gasteiger partial charge >= 0.3 is 0 Å². The summed E-state index contributed by atoms with van der Waals surface area (Å²) in [4.78, 5) is 0. The van der Waals surface area contributed by atoms with Crippen LogP contribution in [-0.4, -0.2) is 35.3 Å². The second-order valence-electron chi connectivity index (χ2n) is 5.70. The third-order valence-corrected chi connectivity index (χ3v) is 3.90. The highest BCUT2D eigenvalue weighted by Gasteiger charge is 2.45. The third-order valence-electron chi connectivity index (χ3n) is 3.90. The molecule has 0 aliphatic carbocycles. The highest BCUT2D eigenvalue weighted by atomic mass is 16.5. The minimum atomic E-state index is -0.795. The van der Waals surface area contributed by atoms with Crippen LogP contribution in [0, 0.1) is 0 Å². The molecule has 5 nitrogen and oxygen atoms in total. The molecule has 0 saturated carbocycles. The molecule has 108 valence electrons. The monoisotopic (exact) mass is 277 g/mol. The van der Waals surface area contributed by atoms with Gasteiger partial charge in [-0.3, -0.25) is 0 Å². The van der Waals surface area contributed by atoms with Gasteiger partial charge in [-0.2, -0.15) is 0 Å². The van der Waals surface area contributed by atoms with Crippen molar-refractivity contribution >= 4 is 11.8 Å². The number of aliphatic hydroxyl groups excluding tert-OH is 2. The van der Waals surface area contributed by atoms with Crippen molar-refractivity contribution in [2.75, 3.05) is 12.4 Å². The number of fused-ring (bicyclic) bond motifs is 3. The molecule has 0 saturated heterocycles. The molecular weight excluding hydrogens is 258 g/mol. The zero-order chi connectivity index (χ0) is 14.5. The Hall–Kier alpha value is -1.56. The number of aliphatic hydroxyl groups is 2. The van der Waals surface area contributed by atoms with Gasteiger partial charge in [0.15, 0.2) is 0 Å². The summed E-state index contributed by atoms with van der Waals surface area (Å²) in [5.74, 6) is 0.668. The van der Waals surface area contributed by atoms with Gasteiger partial charge in [0.25, 0.3) is 0 Å². The number of rotatable bonds is 1. The van der Waals surface area contributed by atoms with Gasteiger partial charge in [-0.1, -0.05) is 6.08 Å². The molecule has 2 aliphatic heterocycles.